The highest BCUT2D eigenvalue weighted by Crippen LogP contribution is 2.33. The highest BCUT2D eigenvalue weighted by molar-refractivity contribution is 9.10. The number of methoxy groups -OCH3 is 1. The maximum absolute atomic E-state index is 11.6. The standard InChI is InChI=1S/C15H21BrO3/c1-4-5-6-7-8-19-14-10-15(18-3)13(16)9-12(14)11(2)17/h9-10H,4-8H2,1-3H3. The minimum absolute atomic E-state index is 0.00749. The molecule has 0 radical (unpaired) electrons. The van der Waals surface area contributed by atoms with E-state index in [4.69, 9.17) is 9.47 Å². The van der Waals surface area contributed by atoms with Gasteiger partial charge in [-0.1, -0.05) is 26.2 Å². The second-order valence-corrected chi connectivity index (χ2v) is 5.30. The number of carbonyl (C=O) groups is 1. The highest BCUT2D eigenvalue weighted by atomic mass is 79.9. The number of hydrogen-bond acceptors (Lipinski definition) is 3. The van der Waals surface area contributed by atoms with Gasteiger partial charge in [-0.2, -0.15) is 0 Å². The maximum atomic E-state index is 11.6. The molecular weight excluding hydrogens is 308 g/mol. The first kappa shape index (κ1) is 16.0. The summed E-state index contributed by atoms with van der Waals surface area (Å²) >= 11 is 3.38. The van der Waals surface area contributed by atoms with Crippen molar-refractivity contribution in [3.8, 4) is 11.5 Å². The summed E-state index contributed by atoms with van der Waals surface area (Å²) in [6, 6.07) is 3.52. The summed E-state index contributed by atoms with van der Waals surface area (Å²) < 4.78 is 11.7. The molecule has 19 heavy (non-hydrogen) atoms. The van der Waals surface area contributed by atoms with Gasteiger partial charge in [-0.05, 0) is 35.3 Å². The SMILES string of the molecule is CCCCCCOc1cc(OC)c(Br)cc1C(C)=O. The molecule has 4 heteroatoms. The predicted molar refractivity (Wildman–Crippen MR) is 80.3 cm³/mol. The van der Waals surface area contributed by atoms with Crippen molar-refractivity contribution in [3.05, 3.63) is 22.2 Å². The summed E-state index contributed by atoms with van der Waals surface area (Å²) in [5, 5.41) is 0. The molecule has 0 saturated carbocycles. The Bertz CT molecular complexity index is 430. The molecule has 0 saturated heterocycles. The summed E-state index contributed by atoms with van der Waals surface area (Å²) in [6.45, 7) is 4.34. The average molecular weight is 329 g/mol. The summed E-state index contributed by atoms with van der Waals surface area (Å²) in [5.41, 5.74) is 0.586. The lowest BCUT2D eigenvalue weighted by molar-refractivity contribution is 0.101. The van der Waals surface area contributed by atoms with Crippen LogP contribution < -0.4 is 9.47 Å². The molecule has 0 aliphatic heterocycles. The van der Waals surface area contributed by atoms with Crippen molar-refractivity contribution in [1.29, 1.82) is 0 Å². The maximum Gasteiger partial charge on any atom is 0.163 e. The van der Waals surface area contributed by atoms with Crippen LogP contribution in [-0.2, 0) is 0 Å². The van der Waals surface area contributed by atoms with Gasteiger partial charge in [-0.15, -0.1) is 0 Å². The van der Waals surface area contributed by atoms with E-state index in [1.54, 1.807) is 19.2 Å². The van der Waals surface area contributed by atoms with Crippen LogP contribution in [0.1, 0.15) is 49.9 Å². The molecule has 3 nitrogen and oxygen atoms in total. The molecule has 0 unspecified atom stereocenters. The zero-order chi connectivity index (χ0) is 14.3. The first-order valence-corrected chi connectivity index (χ1v) is 7.40. The lowest BCUT2D eigenvalue weighted by atomic mass is 10.1. The van der Waals surface area contributed by atoms with E-state index in [-0.39, 0.29) is 5.78 Å². The van der Waals surface area contributed by atoms with Crippen LogP contribution in [0.5, 0.6) is 11.5 Å². The minimum Gasteiger partial charge on any atom is -0.495 e. The van der Waals surface area contributed by atoms with E-state index in [0.717, 1.165) is 17.3 Å². The van der Waals surface area contributed by atoms with Crippen molar-refractivity contribution in [2.75, 3.05) is 13.7 Å². The smallest absolute Gasteiger partial charge is 0.163 e. The number of rotatable bonds is 8. The van der Waals surface area contributed by atoms with Crippen LogP contribution in [0.25, 0.3) is 0 Å². The molecule has 1 aromatic carbocycles. The minimum atomic E-state index is -0.00749. The molecule has 1 aromatic rings. The summed E-state index contributed by atoms with van der Waals surface area (Å²) in [5.74, 6) is 1.27. The quantitative estimate of drug-likeness (QED) is 0.516. The Kier molecular flexibility index (Phi) is 6.92. The van der Waals surface area contributed by atoms with E-state index in [0.29, 0.717) is 23.7 Å². The topological polar surface area (TPSA) is 35.5 Å². The Balaban J connectivity index is 2.76. The molecule has 0 amide bonds. The second-order valence-electron chi connectivity index (χ2n) is 4.45. The van der Waals surface area contributed by atoms with Gasteiger partial charge in [-0.3, -0.25) is 4.79 Å². The van der Waals surface area contributed by atoms with Gasteiger partial charge in [0, 0.05) is 6.07 Å². The number of hydrogen-bond donors (Lipinski definition) is 0. The number of carbonyl (C=O) groups excluding carboxylic acids is 1. The van der Waals surface area contributed by atoms with E-state index in [9.17, 15) is 4.79 Å². The highest BCUT2D eigenvalue weighted by Gasteiger charge is 2.13. The van der Waals surface area contributed by atoms with Crippen LogP contribution in [-0.4, -0.2) is 19.5 Å². The van der Waals surface area contributed by atoms with Crippen LogP contribution in [0.2, 0.25) is 0 Å². The average Bonchev–Trinajstić information content (AvgIpc) is 2.39. The number of unbranched alkanes of at least 4 members (excludes halogenated alkanes) is 3. The van der Waals surface area contributed by atoms with Crippen molar-refractivity contribution >= 4 is 21.7 Å². The fourth-order valence-corrected chi connectivity index (χ4v) is 2.30. The van der Waals surface area contributed by atoms with Crippen molar-refractivity contribution < 1.29 is 14.3 Å². The number of benzene rings is 1. The normalized spacial score (nSPS) is 10.3. The lowest BCUT2D eigenvalue weighted by Crippen LogP contribution is -2.04. The fourth-order valence-electron chi connectivity index (χ4n) is 1.80. The Morgan fingerprint density at radius 3 is 2.53 bits per heavy atom. The van der Waals surface area contributed by atoms with Crippen LogP contribution >= 0.6 is 15.9 Å². The zero-order valence-electron chi connectivity index (χ0n) is 11.8. The van der Waals surface area contributed by atoms with Gasteiger partial charge in [0.2, 0.25) is 0 Å². The molecule has 1 rings (SSSR count). The Hall–Kier alpha value is -1.03. The van der Waals surface area contributed by atoms with Gasteiger partial charge < -0.3 is 9.47 Å². The van der Waals surface area contributed by atoms with Gasteiger partial charge in [0.1, 0.15) is 11.5 Å². The van der Waals surface area contributed by atoms with Crippen LogP contribution in [0, 0.1) is 0 Å². The van der Waals surface area contributed by atoms with Crippen LogP contribution in [0.4, 0.5) is 0 Å². The number of ketones is 1. The Morgan fingerprint density at radius 1 is 1.21 bits per heavy atom. The van der Waals surface area contributed by atoms with Gasteiger partial charge in [0.05, 0.1) is 23.8 Å². The third-order valence-electron chi connectivity index (χ3n) is 2.89. The van der Waals surface area contributed by atoms with Crippen molar-refractivity contribution in [2.45, 2.75) is 39.5 Å². The number of halogens is 1. The predicted octanol–water partition coefficient (Wildman–Crippen LogP) is 4.62. The Morgan fingerprint density at radius 2 is 1.95 bits per heavy atom. The van der Waals surface area contributed by atoms with Gasteiger partial charge in [-0.25, -0.2) is 0 Å². The molecule has 0 heterocycles. The molecule has 0 aromatic heterocycles. The van der Waals surface area contributed by atoms with Crippen molar-refractivity contribution in [2.24, 2.45) is 0 Å². The van der Waals surface area contributed by atoms with E-state index in [2.05, 4.69) is 22.9 Å². The third kappa shape index (κ3) is 4.86. The van der Waals surface area contributed by atoms with Gasteiger partial charge in [0.25, 0.3) is 0 Å². The van der Waals surface area contributed by atoms with E-state index in [1.807, 2.05) is 0 Å². The molecule has 0 aliphatic rings. The van der Waals surface area contributed by atoms with E-state index < -0.39 is 0 Å². The van der Waals surface area contributed by atoms with E-state index in [1.165, 1.54) is 19.8 Å². The number of Topliss-reactive ketones (excluding diaryl/α,β-unsaturated/α-hetero) is 1. The zero-order valence-corrected chi connectivity index (χ0v) is 13.4. The monoisotopic (exact) mass is 328 g/mol. The molecular formula is C15H21BrO3. The summed E-state index contributed by atoms with van der Waals surface area (Å²) in [6.07, 6.45) is 4.57. The fraction of sp³-hybridized carbons (Fsp3) is 0.533. The third-order valence-corrected chi connectivity index (χ3v) is 3.51. The molecule has 0 fully saturated rings. The van der Waals surface area contributed by atoms with Crippen molar-refractivity contribution in [3.63, 3.8) is 0 Å². The van der Waals surface area contributed by atoms with Crippen LogP contribution in [0.3, 0.4) is 0 Å². The molecule has 0 N–H and O–H groups in total. The second kappa shape index (κ2) is 8.20. The lowest BCUT2D eigenvalue weighted by Gasteiger charge is -2.12. The first-order valence-electron chi connectivity index (χ1n) is 6.61. The van der Waals surface area contributed by atoms with Gasteiger partial charge in [0.15, 0.2) is 5.78 Å². The Labute approximate surface area is 123 Å². The molecule has 0 atom stereocenters. The molecule has 0 aliphatic carbocycles. The van der Waals surface area contributed by atoms with Crippen LogP contribution in [0.15, 0.2) is 16.6 Å². The van der Waals surface area contributed by atoms with Gasteiger partial charge >= 0.3 is 0 Å². The number of ether oxygens (including phenoxy) is 2. The van der Waals surface area contributed by atoms with Crippen molar-refractivity contribution in [1.82, 2.24) is 0 Å². The molecule has 106 valence electrons. The summed E-state index contributed by atoms with van der Waals surface area (Å²) in [4.78, 5) is 11.6. The first-order chi connectivity index (χ1) is 9.10. The summed E-state index contributed by atoms with van der Waals surface area (Å²) in [7, 11) is 1.60. The van der Waals surface area contributed by atoms with E-state index >= 15 is 0 Å². The largest absolute Gasteiger partial charge is 0.495 e. The molecule has 0 bridgehead atoms. The molecule has 0 spiro atoms.